The van der Waals surface area contributed by atoms with Crippen LogP contribution in [0.4, 0.5) is 0 Å². The second-order valence-electron chi connectivity index (χ2n) is 4.76. The lowest BCUT2D eigenvalue weighted by atomic mass is 10.3. The van der Waals surface area contributed by atoms with Crippen LogP contribution in [-0.4, -0.2) is 16.9 Å². The fourth-order valence-corrected chi connectivity index (χ4v) is 2.85. The van der Waals surface area contributed by atoms with Gasteiger partial charge in [0.2, 0.25) is 5.91 Å². The van der Waals surface area contributed by atoms with Crippen LogP contribution in [0.3, 0.4) is 0 Å². The molecule has 0 radical (unpaired) electrons. The number of nitrogens with zero attached hydrogens (tertiary/aromatic N) is 1. The minimum absolute atomic E-state index is 0.382. The first-order chi connectivity index (χ1) is 10.1. The smallest absolute Gasteiger partial charge is 0.234 e. The molecule has 108 valence electrons. The van der Waals surface area contributed by atoms with Crippen molar-refractivity contribution in [2.75, 3.05) is 0 Å². The van der Waals surface area contributed by atoms with Crippen LogP contribution in [0.5, 0.6) is 0 Å². The average molecular weight is 301 g/mol. The molecule has 0 aliphatic rings. The van der Waals surface area contributed by atoms with E-state index < -0.39 is 0 Å². The molecular weight excluding hydrogens is 286 g/mol. The number of aromatic nitrogens is 1. The number of thiazole rings is 1. The van der Waals surface area contributed by atoms with Gasteiger partial charge in [-0.15, -0.1) is 11.3 Å². The van der Waals surface area contributed by atoms with E-state index in [1.54, 1.807) is 18.3 Å². The molecule has 2 aromatic heterocycles. The van der Waals surface area contributed by atoms with E-state index in [-0.39, 0.29) is 11.9 Å². The van der Waals surface area contributed by atoms with Crippen molar-refractivity contribution in [1.29, 1.82) is 0 Å². The number of rotatable bonds is 5. The first-order valence-corrected chi connectivity index (χ1v) is 7.42. The lowest BCUT2D eigenvalue weighted by Crippen LogP contribution is -2.38. The fourth-order valence-electron chi connectivity index (χ4n) is 1.92. The standard InChI is InChI=1S/C15H15N3O2S/c1-9(14(16)19)17-8-10-6-7-12(20-10)15-18-11-4-2-3-5-13(11)21-15/h2-7,9,17H,8H2,1H3,(H2,16,19). The maximum absolute atomic E-state index is 11.0. The molecule has 3 aromatic rings. The summed E-state index contributed by atoms with van der Waals surface area (Å²) in [6.45, 7) is 2.18. The molecule has 1 aromatic carbocycles. The number of carbonyl (C=O) groups is 1. The van der Waals surface area contributed by atoms with E-state index in [4.69, 9.17) is 10.2 Å². The zero-order chi connectivity index (χ0) is 14.8. The Morgan fingerprint density at radius 1 is 1.38 bits per heavy atom. The van der Waals surface area contributed by atoms with E-state index in [2.05, 4.69) is 10.3 Å². The molecule has 1 unspecified atom stereocenters. The van der Waals surface area contributed by atoms with Crippen molar-refractivity contribution >= 4 is 27.5 Å². The monoisotopic (exact) mass is 301 g/mol. The van der Waals surface area contributed by atoms with Crippen LogP contribution in [0.25, 0.3) is 21.0 Å². The van der Waals surface area contributed by atoms with Gasteiger partial charge in [0.25, 0.3) is 0 Å². The predicted octanol–water partition coefficient (Wildman–Crippen LogP) is 2.52. The predicted molar refractivity (Wildman–Crippen MR) is 82.8 cm³/mol. The second-order valence-corrected chi connectivity index (χ2v) is 5.79. The van der Waals surface area contributed by atoms with E-state index in [1.807, 2.05) is 36.4 Å². The molecule has 1 amide bonds. The van der Waals surface area contributed by atoms with Crippen molar-refractivity contribution in [2.45, 2.75) is 19.5 Å². The molecule has 0 aliphatic heterocycles. The maximum atomic E-state index is 11.0. The highest BCUT2D eigenvalue weighted by Crippen LogP contribution is 2.31. The van der Waals surface area contributed by atoms with Gasteiger partial charge < -0.3 is 10.2 Å². The summed E-state index contributed by atoms with van der Waals surface area (Å²) < 4.78 is 6.89. The first kappa shape index (κ1) is 13.8. The van der Waals surface area contributed by atoms with Crippen molar-refractivity contribution in [3.8, 4) is 10.8 Å². The topological polar surface area (TPSA) is 81.2 Å². The normalized spacial score (nSPS) is 12.6. The van der Waals surface area contributed by atoms with Gasteiger partial charge in [-0.25, -0.2) is 4.98 Å². The molecule has 1 atom stereocenters. The van der Waals surface area contributed by atoms with Crippen molar-refractivity contribution in [3.05, 3.63) is 42.2 Å². The van der Waals surface area contributed by atoms with Crippen LogP contribution < -0.4 is 11.1 Å². The van der Waals surface area contributed by atoms with E-state index in [1.165, 1.54) is 0 Å². The van der Waals surface area contributed by atoms with Gasteiger partial charge in [0, 0.05) is 0 Å². The zero-order valence-electron chi connectivity index (χ0n) is 11.5. The minimum Gasteiger partial charge on any atom is -0.457 e. The van der Waals surface area contributed by atoms with Crippen LogP contribution in [0, 0.1) is 0 Å². The van der Waals surface area contributed by atoms with Gasteiger partial charge in [-0.3, -0.25) is 10.1 Å². The van der Waals surface area contributed by atoms with Crippen LogP contribution in [0.2, 0.25) is 0 Å². The number of hydrogen-bond donors (Lipinski definition) is 2. The summed E-state index contributed by atoms with van der Waals surface area (Å²) in [5.41, 5.74) is 6.17. The summed E-state index contributed by atoms with van der Waals surface area (Å²) in [6.07, 6.45) is 0. The largest absolute Gasteiger partial charge is 0.457 e. The number of nitrogens with one attached hydrogen (secondary N) is 1. The lowest BCUT2D eigenvalue weighted by Gasteiger charge is -2.07. The molecule has 0 fully saturated rings. The van der Waals surface area contributed by atoms with E-state index in [0.29, 0.717) is 6.54 Å². The number of hydrogen-bond acceptors (Lipinski definition) is 5. The molecule has 0 saturated heterocycles. The minimum atomic E-state index is -0.388. The fraction of sp³-hybridized carbons (Fsp3) is 0.200. The summed E-state index contributed by atoms with van der Waals surface area (Å²) in [7, 11) is 0. The molecule has 0 saturated carbocycles. The number of fused-ring (bicyclic) bond motifs is 1. The van der Waals surface area contributed by atoms with Crippen LogP contribution >= 0.6 is 11.3 Å². The number of furan rings is 1. The molecule has 0 spiro atoms. The van der Waals surface area contributed by atoms with E-state index in [0.717, 1.165) is 26.7 Å². The van der Waals surface area contributed by atoms with Crippen molar-refractivity contribution in [3.63, 3.8) is 0 Å². The summed E-state index contributed by atoms with van der Waals surface area (Å²) >= 11 is 1.59. The second kappa shape index (κ2) is 5.67. The van der Waals surface area contributed by atoms with Crippen LogP contribution in [-0.2, 0) is 11.3 Å². The SMILES string of the molecule is CC(NCc1ccc(-c2nc3ccccc3s2)o1)C(N)=O. The van der Waals surface area contributed by atoms with Gasteiger partial charge in [-0.1, -0.05) is 12.1 Å². The Balaban J connectivity index is 1.76. The Labute approximate surface area is 125 Å². The lowest BCUT2D eigenvalue weighted by molar-refractivity contribution is -0.119. The Morgan fingerprint density at radius 2 is 2.19 bits per heavy atom. The van der Waals surface area contributed by atoms with Crippen LogP contribution in [0.15, 0.2) is 40.8 Å². The van der Waals surface area contributed by atoms with Crippen molar-refractivity contribution in [2.24, 2.45) is 5.73 Å². The molecule has 0 aliphatic carbocycles. The molecule has 0 bridgehead atoms. The van der Waals surface area contributed by atoms with Crippen molar-refractivity contribution in [1.82, 2.24) is 10.3 Å². The summed E-state index contributed by atoms with van der Waals surface area (Å²) in [5, 5.41) is 3.86. The van der Waals surface area contributed by atoms with Crippen LogP contribution in [0.1, 0.15) is 12.7 Å². The number of amides is 1. The van der Waals surface area contributed by atoms with Gasteiger partial charge in [0.1, 0.15) is 5.76 Å². The molecule has 6 heteroatoms. The Bertz CT molecular complexity index is 745. The average Bonchev–Trinajstić information content (AvgIpc) is 3.10. The van der Waals surface area contributed by atoms with Crippen molar-refractivity contribution < 1.29 is 9.21 Å². The third kappa shape index (κ3) is 2.96. The summed E-state index contributed by atoms with van der Waals surface area (Å²) in [6, 6.07) is 11.4. The quantitative estimate of drug-likeness (QED) is 0.758. The zero-order valence-corrected chi connectivity index (χ0v) is 12.3. The summed E-state index contributed by atoms with van der Waals surface area (Å²) in [5.74, 6) is 1.10. The van der Waals surface area contributed by atoms with E-state index >= 15 is 0 Å². The summed E-state index contributed by atoms with van der Waals surface area (Å²) in [4.78, 5) is 15.5. The molecular formula is C15H15N3O2S. The highest BCUT2D eigenvalue weighted by atomic mass is 32.1. The van der Waals surface area contributed by atoms with Gasteiger partial charge >= 0.3 is 0 Å². The Hall–Kier alpha value is -2.18. The third-order valence-corrected chi connectivity index (χ3v) is 4.23. The number of nitrogens with two attached hydrogens (primary N) is 1. The highest BCUT2D eigenvalue weighted by molar-refractivity contribution is 7.21. The van der Waals surface area contributed by atoms with E-state index in [9.17, 15) is 4.79 Å². The molecule has 3 rings (SSSR count). The molecule has 2 heterocycles. The maximum Gasteiger partial charge on any atom is 0.234 e. The molecule has 5 nitrogen and oxygen atoms in total. The number of para-hydroxylation sites is 1. The van der Waals surface area contributed by atoms with Gasteiger partial charge in [-0.05, 0) is 31.2 Å². The number of primary amides is 1. The molecule has 3 N–H and O–H groups in total. The molecule has 21 heavy (non-hydrogen) atoms. The third-order valence-electron chi connectivity index (χ3n) is 3.18. The Morgan fingerprint density at radius 3 is 2.95 bits per heavy atom. The van der Waals surface area contributed by atoms with Gasteiger partial charge in [0.15, 0.2) is 10.8 Å². The number of carbonyl (C=O) groups excluding carboxylic acids is 1. The van der Waals surface area contributed by atoms with Gasteiger partial charge in [-0.2, -0.15) is 0 Å². The Kier molecular flexibility index (Phi) is 3.72. The first-order valence-electron chi connectivity index (χ1n) is 6.61. The number of benzene rings is 1. The van der Waals surface area contributed by atoms with Gasteiger partial charge in [0.05, 0.1) is 22.8 Å². The highest BCUT2D eigenvalue weighted by Gasteiger charge is 2.12.